The monoisotopic (exact) mass is 260 g/mol. The lowest BCUT2D eigenvalue weighted by Crippen LogP contribution is -2.08. The van der Waals surface area contributed by atoms with Gasteiger partial charge in [-0.2, -0.15) is 13.2 Å². The first kappa shape index (κ1) is 11.6. The molecule has 0 aliphatic rings. The molecule has 8 heteroatoms. The molecule has 0 spiro atoms. The number of hydrogen-bond donors (Lipinski definition) is 3. The van der Waals surface area contributed by atoms with Crippen LogP contribution in [0.2, 0.25) is 0 Å². The highest BCUT2D eigenvalue weighted by molar-refractivity contribution is 7.22. The van der Waals surface area contributed by atoms with Crippen LogP contribution < -0.4 is 11.5 Å². The van der Waals surface area contributed by atoms with Crippen LogP contribution in [-0.4, -0.2) is 11.2 Å². The van der Waals surface area contributed by atoms with E-state index < -0.39 is 11.7 Å². The minimum atomic E-state index is -4.55. The standard InChI is InChI=1S/C9H7F3N4S/c10-9(11,12)4-1-5(14)3(2-13)7-6(4)16-8(15)17-7/h1-2,13H,14H2,(H2,15,16). The second-order valence-corrected chi connectivity index (χ2v) is 4.33. The van der Waals surface area contributed by atoms with E-state index in [1.165, 1.54) is 0 Å². The summed E-state index contributed by atoms with van der Waals surface area (Å²) in [6, 6.07) is 0.780. The van der Waals surface area contributed by atoms with Crippen LogP contribution in [0.25, 0.3) is 10.2 Å². The number of thiazole rings is 1. The van der Waals surface area contributed by atoms with Gasteiger partial charge in [-0.05, 0) is 6.07 Å². The lowest BCUT2D eigenvalue weighted by Gasteiger charge is -2.10. The van der Waals surface area contributed by atoms with E-state index in [9.17, 15) is 13.2 Å². The molecular weight excluding hydrogens is 253 g/mol. The molecule has 1 aromatic carbocycles. The van der Waals surface area contributed by atoms with Crippen LogP contribution in [0.1, 0.15) is 11.1 Å². The van der Waals surface area contributed by atoms with Crippen LogP contribution in [-0.2, 0) is 6.18 Å². The molecule has 4 nitrogen and oxygen atoms in total. The van der Waals surface area contributed by atoms with E-state index in [2.05, 4.69) is 4.98 Å². The number of nitrogens with one attached hydrogen (secondary N) is 1. The maximum Gasteiger partial charge on any atom is 0.418 e. The lowest BCUT2D eigenvalue weighted by molar-refractivity contribution is -0.136. The highest BCUT2D eigenvalue weighted by Crippen LogP contribution is 2.40. The third-order valence-corrected chi connectivity index (χ3v) is 3.12. The van der Waals surface area contributed by atoms with E-state index in [-0.39, 0.29) is 26.6 Å². The van der Waals surface area contributed by atoms with E-state index in [0.29, 0.717) is 0 Å². The highest BCUT2D eigenvalue weighted by atomic mass is 32.1. The average molecular weight is 260 g/mol. The molecule has 5 N–H and O–H groups in total. The highest BCUT2D eigenvalue weighted by Gasteiger charge is 2.35. The van der Waals surface area contributed by atoms with Crippen molar-refractivity contribution in [3.8, 4) is 0 Å². The molecule has 2 rings (SSSR count). The summed E-state index contributed by atoms with van der Waals surface area (Å²) in [5.74, 6) is 0. The summed E-state index contributed by atoms with van der Waals surface area (Å²) < 4.78 is 38.4. The number of halogens is 3. The van der Waals surface area contributed by atoms with Crippen LogP contribution >= 0.6 is 11.3 Å². The molecule has 1 heterocycles. The Morgan fingerprint density at radius 3 is 2.53 bits per heavy atom. The lowest BCUT2D eigenvalue weighted by atomic mass is 10.1. The van der Waals surface area contributed by atoms with Gasteiger partial charge in [0, 0.05) is 17.5 Å². The fraction of sp³-hybridized carbons (Fsp3) is 0.111. The second-order valence-electron chi connectivity index (χ2n) is 3.30. The summed E-state index contributed by atoms with van der Waals surface area (Å²) in [7, 11) is 0. The predicted octanol–water partition coefficient (Wildman–Crippen LogP) is 2.48. The van der Waals surface area contributed by atoms with E-state index in [1.54, 1.807) is 0 Å². The molecule has 0 aliphatic carbocycles. The van der Waals surface area contributed by atoms with E-state index in [4.69, 9.17) is 16.9 Å². The Kier molecular flexibility index (Phi) is 2.46. The van der Waals surface area contributed by atoms with Crippen molar-refractivity contribution in [3.63, 3.8) is 0 Å². The molecule has 0 radical (unpaired) electrons. The van der Waals surface area contributed by atoms with Gasteiger partial charge in [0.25, 0.3) is 0 Å². The SMILES string of the molecule is N=Cc1c(N)cc(C(F)(F)F)c2nc(N)sc12. The van der Waals surface area contributed by atoms with Gasteiger partial charge in [0.05, 0.1) is 15.8 Å². The van der Waals surface area contributed by atoms with Gasteiger partial charge in [0.1, 0.15) is 0 Å². The van der Waals surface area contributed by atoms with Crippen LogP contribution in [0.4, 0.5) is 24.0 Å². The fourth-order valence-electron chi connectivity index (χ4n) is 1.50. The van der Waals surface area contributed by atoms with Crippen molar-refractivity contribution in [2.75, 3.05) is 11.5 Å². The Bertz CT molecular complexity index is 602. The molecule has 0 atom stereocenters. The van der Waals surface area contributed by atoms with E-state index in [0.717, 1.165) is 23.6 Å². The molecule has 1 aromatic heterocycles. The maximum atomic E-state index is 12.8. The number of alkyl halides is 3. The first-order valence-corrected chi connectivity index (χ1v) is 5.22. The molecular formula is C9H7F3N4S. The normalized spacial score (nSPS) is 11.9. The largest absolute Gasteiger partial charge is 0.418 e. The molecule has 0 saturated carbocycles. The Balaban J connectivity index is 2.93. The zero-order chi connectivity index (χ0) is 12.8. The smallest absolute Gasteiger partial charge is 0.398 e. The third kappa shape index (κ3) is 1.80. The van der Waals surface area contributed by atoms with Crippen molar-refractivity contribution in [1.82, 2.24) is 4.98 Å². The minimum absolute atomic E-state index is 0.0131. The van der Waals surface area contributed by atoms with E-state index in [1.807, 2.05) is 0 Å². The first-order chi connectivity index (χ1) is 7.84. The van der Waals surface area contributed by atoms with Crippen LogP contribution in [0.5, 0.6) is 0 Å². The minimum Gasteiger partial charge on any atom is -0.398 e. The fourth-order valence-corrected chi connectivity index (χ4v) is 2.38. The molecule has 0 bridgehead atoms. The van der Waals surface area contributed by atoms with Gasteiger partial charge >= 0.3 is 6.18 Å². The number of hydrogen-bond acceptors (Lipinski definition) is 5. The topological polar surface area (TPSA) is 88.8 Å². The maximum absolute atomic E-state index is 12.8. The van der Waals surface area contributed by atoms with Gasteiger partial charge in [-0.15, -0.1) is 0 Å². The zero-order valence-electron chi connectivity index (χ0n) is 8.30. The summed E-state index contributed by atoms with van der Waals surface area (Å²) in [4.78, 5) is 3.65. The Labute approximate surface area is 97.6 Å². The number of fused-ring (bicyclic) bond motifs is 1. The predicted molar refractivity (Wildman–Crippen MR) is 61.3 cm³/mol. The van der Waals surface area contributed by atoms with Gasteiger partial charge in [-0.1, -0.05) is 11.3 Å². The van der Waals surface area contributed by atoms with Crippen molar-refractivity contribution in [3.05, 3.63) is 17.2 Å². The van der Waals surface area contributed by atoms with Crippen molar-refractivity contribution in [2.24, 2.45) is 0 Å². The number of benzene rings is 1. The molecule has 0 fully saturated rings. The van der Waals surface area contributed by atoms with Gasteiger partial charge in [-0.25, -0.2) is 4.98 Å². The average Bonchev–Trinajstić information content (AvgIpc) is 2.56. The van der Waals surface area contributed by atoms with Crippen LogP contribution in [0, 0.1) is 5.41 Å². The number of anilines is 2. The molecule has 90 valence electrons. The molecule has 0 aliphatic heterocycles. The van der Waals surface area contributed by atoms with Crippen molar-refractivity contribution >= 4 is 38.6 Å². The number of nitrogens with zero attached hydrogens (tertiary/aromatic N) is 1. The molecule has 0 unspecified atom stereocenters. The first-order valence-electron chi connectivity index (χ1n) is 4.40. The number of aromatic nitrogens is 1. The van der Waals surface area contributed by atoms with Gasteiger partial charge in [-0.3, -0.25) is 0 Å². The van der Waals surface area contributed by atoms with Crippen molar-refractivity contribution < 1.29 is 13.2 Å². The summed E-state index contributed by atoms with van der Waals surface area (Å²) >= 11 is 0.883. The van der Waals surface area contributed by atoms with Crippen molar-refractivity contribution in [2.45, 2.75) is 6.18 Å². The van der Waals surface area contributed by atoms with Crippen molar-refractivity contribution in [1.29, 1.82) is 5.41 Å². The van der Waals surface area contributed by atoms with Gasteiger partial charge < -0.3 is 16.9 Å². The summed E-state index contributed by atoms with van der Waals surface area (Å²) in [5.41, 5.74) is 9.81. The quantitative estimate of drug-likeness (QED) is 0.543. The third-order valence-electron chi connectivity index (χ3n) is 2.20. The Hall–Kier alpha value is -1.83. The van der Waals surface area contributed by atoms with E-state index >= 15 is 0 Å². The van der Waals surface area contributed by atoms with Gasteiger partial charge in [0.15, 0.2) is 5.13 Å². The molecule has 17 heavy (non-hydrogen) atoms. The Morgan fingerprint density at radius 2 is 2.00 bits per heavy atom. The Morgan fingerprint density at radius 1 is 1.35 bits per heavy atom. The van der Waals surface area contributed by atoms with Crippen LogP contribution in [0.3, 0.4) is 0 Å². The van der Waals surface area contributed by atoms with Crippen LogP contribution in [0.15, 0.2) is 6.07 Å². The number of nitrogen functional groups attached to an aromatic ring is 2. The second kappa shape index (κ2) is 3.59. The molecule has 2 aromatic rings. The summed E-state index contributed by atoms with van der Waals surface area (Å²) in [6.45, 7) is 0. The zero-order valence-corrected chi connectivity index (χ0v) is 9.12. The number of rotatable bonds is 1. The van der Waals surface area contributed by atoms with Gasteiger partial charge in [0.2, 0.25) is 0 Å². The summed E-state index contributed by atoms with van der Waals surface area (Å²) in [6.07, 6.45) is -3.65. The molecule has 0 saturated heterocycles. The molecule has 0 amide bonds. The summed E-state index contributed by atoms with van der Waals surface area (Å²) in [5, 5.41) is 7.17. The number of nitrogens with two attached hydrogens (primary N) is 2.